The van der Waals surface area contributed by atoms with Crippen LogP contribution in [0.1, 0.15) is 10.5 Å². The number of esters is 1. The Hall–Kier alpha value is -3.61. The molecule has 4 aromatic rings. The van der Waals surface area contributed by atoms with E-state index in [2.05, 4.69) is 15.2 Å². The maximum atomic E-state index is 12.3. The average molecular weight is 335 g/mol. The van der Waals surface area contributed by atoms with Gasteiger partial charge in [-0.2, -0.15) is 0 Å². The summed E-state index contributed by atoms with van der Waals surface area (Å²) in [5.74, 6) is 1.07. The van der Waals surface area contributed by atoms with Gasteiger partial charge in [0.2, 0.25) is 12.3 Å². The van der Waals surface area contributed by atoms with E-state index in [4.69, 9.17) is 13.9 Å². The molecule has 7 nitrogen and oxygen atoms in total. The molecule has 2 aromatic heterocycles. The number of carbonyl (C=O) groups excluding carboxylic acids is 1. The molecule has 124 valence electrons. The zero-order valence-electron chi connectivity index (χ0n) is 13.2. The Balaban J connectivity index is 1.53. The summed E-state index contributed by atoms with van der Waals surface area (Å²) in [6.07, 6.45) is 1.26. The van der Waals surface area contributed by atoms with Crippen molar-refractivity contribution in [1.82, 2.24) is 15.2 Å². The first-order chi connectivity index (χ1) is 12.2. The molecule has 0 saturated carbocycles. The highest BCUT2D eigenvalue weighted by Gasteiger charge is 2.13. The van der Waals surface area contributed by atoms with Crippen LogP contribution in [0.3, 0.4) is 0 Å². The summed E-state index contributed by atoms with van der Waals surface area (Å²) in [7, 11) is 1.59. The van der Waals surface area contributed by atoms with Gasteiger partial charge in [-0.05, 0) is 42.5 Å². The van der Waals surface area contributed by atoms with Gasteiger partial charge in [-0.25, -0.2) is 4.79 Å². The number of aromatic nitrogens is 3. The Morgan fingerprint density at radius 3 is 2.60 bits per heavy atom. The number of ether oxygens (including phenoxy) is 2. The number of hydrogen-bond acceptors (Lipinski definition) is 6. The fourth-order valence-electron chi connectivity index (χ4n) is 2.47. The normalized spacial score (nSPS) is 10.8. The summed E-state index contributed by atoms with van der Waals surface area (Å²) < 4.78 is 15.7. The Labute approximate surface area is 142 Å². The topological polar surface area (TPSA) is 90.2 Å². The number of rotatable bonds is 4. The van der Waals surface area contributed by atoms with Crippen molar-refractivity contribution in [3.05, 3.63) is 60.6 Å². The third-order valence-corrected chi connectivity index (χ3v) is 3.72. The van der Waals surface area contributed by atoms with Gasteiger partial charge in [0, 0.05) is 22.5 Å². The van der Waals surface area contributed by atoms with Gasteiger partial charge in [0.05, 0.1) is 7.11 Å². The van der Waals surface area contributed by atoms with Crippen LogP contribution in [0.5, 0.6) is 11.5 Å². The fourth-order valence-corrected chi connectivity index (χ4v) is 2.47. The summed E-state index contributed by atoms with van der Waals surface area (Å²) in [5.41, 5.74) is 1.91. The second-order valence-electron chi connectivity index (χ2n) is 5.29. The molecule has 0 aliphatic carbocycles. The molecule has 1 N–H and O–H groups in total. The number of nitrogens with zero attached hydrogens (tertiary/aromatic N) is 2. The van der Waals surface area contributed by atoms with Crippen molar-refractivity contribution in [2.75, 3.05) is 7.11 Å². The lowest BCUT2D eigenvalue weighted by molar-refractivity contribution is 0.0729. The van der Waals surface area contributed by atoms with Gasteiger partial charge in [0.1, 0.15) is 17.2 Å². The van der Waals surface area contributed by atoms with E-state index in [1.54, 1.807) is 37.4 Å². The first kappa shape index (κ1) is 14.9. The van der Waals surface area contributed by atoms with Crippen molar-refractivity contribution < 1.29 is 18.7 Å². The predicted molar refractivity (Wildman–Crippen MR) is 89.5 cm³/mol. The zero-order chi connectivity index (χ0) is 17.2. The van der Waals surface area contributed by atoms with Gasteiger partial charge in [0.25, 0.3) is 0 Å². The number of nitrogens with one attached hydrogen (secondary N) is 1. The molecule has 2 heterocycles. The second kappa shape index (κ2) is 6.12. The molecule has 0 atom stereocenters. The molecule has 0 bridgehead atoms. The van der Waals surface area contributed by atoms with E-state index in [9.17, 15) is 4.79 Å². The first-order valence-corrected chi connectivity index (χ1v) is 7.48. The summed E-state index contributed by atoms with van der Waals surface area (Å²) >= 11 is 0. The molecule has 2 aromatic carbocycles. The van der Waals surface area contributed by atoms with E-state index in [1.165, 1.54) is 6.39 Å². The first-order valence-electron chi connectivity index (χ1n) is 7.48. The van der Waals surface area contributed by atoms with Crippen LogP contribution in [0.4, 0.5) is 0 Å². The van der Waals surface area contributed by atoms with Crippen molar-refractivity contribution in [3.8, 4) is 23.0 Å². The third kappa shape index (κ3) is 2.94. The van der Waals surface area contributed by atoms with Crippen molar-refractivity contribution in [1.29, 1.82) is 0 Å². The number of benzene rings is 2. The van der Waals surface area contributed by atoms with Crippen LogP contribution in [0.2, 0.25) is 0 Å². The highest BCUT2D eigenvalue weighted by molar-refractivity contribution is 5.96. The van der Waals surface area contributed by atoms with Gasteiger partial charge in [-0.3, -0.25) is 0 Å². The molecule has 0 aliphatic heterocycles. The predicted octanol–water partition coefficient (Wildman–Crippen LogP) is 3.45. The van der Waals surface area contributed by atoms with E-state index >= 15 is 0 Å². The number of carbonyl (C=O) groups is 1. The lowest BCUT2D eigenvalue weighted by atomic mass is 10.2. The van der Waals surface area contributed by atoms with Crippen molar-refractivity contribution in [2.45, 2.75) is 0 Å². The molecular weight excluding hydrogens is 322 g/mol. The standard InChI is InChI=1S/C18H13N3O4/c1-23-14-7-4-12-8-16(20-15(12)9-14)18(22)25-13-5-2-11(3-6-13)17-21-19-10-24-17/h2-10,20H,1H3. The molecule has 0 aliphatic rings. The fraction of sp³-hybridized carbons (Fsp3) is 0.0556. The largest absolute Gasteiger partial charge is 0.497 e. The molecule has 0 saturated heterocycles. The van der Waals surface area contributed by atoms with Crippen LogP contribution in [-0.4, -0.2) is 28.3 Å². The van der Waals surface area contributed by atoms with E-state index < -0.39 is 5.97 Å². The summed E-state index contributed by atoms with van der Waals surface area (Å²) in [6, 6.07) is 14.1. The number of methoxy groups -OCH3 is 1. The summed E-state index contributed by atoms with van der Waals surface area (Å²) in [4.78, 5) is 15.4. The Kier molecular flexibility index (Phi) is 3.66. The Morgan fingerprint density at radius 2 is 1.88 bits per heavy atom. The summed E-state index contributed by atoms with van der Waals surface area (Å²) in [6.45, 7) is 0. The minimum atomic E-state index is -0.472. The second-order valence-corrected chi connectivity index (χ2v) is 5.29. The lowest BCUT2D eigenvalue weighted by Crippen LogP contribution is -2.08. The maximum absolute atomic E-state index is 12.3. The molecular formula is C18H13N3O4. The third-order valence-electron chi connectivity index (χ3n) is 3.72. The van der Waals surface area contributed by atoms with Crippen molar-refractivity contribution >= 4 is 16.9 Å². The van der Waals surface area contributed by atoms with Crippen LogP contribution in [0, 0.1) is 0 Å². The molecule has 25 heavy (non-hydrogen) atoms. The molecule has 0 radical (unpaired) electrons. The molecule has 7 heteroatoms. The number of hydrogen-bond donors (Lipinski definition) is 1. The van der Waals surface area contributed by atoms with Gasteiger partial charge in [-0.1, -0.05) is 0 Å². The van der Waals surface area contributed by atoms with Gasteiger partial charge < -0.3 is 18.9 Å². The maximum Gasteiger partial charge on any atom is 0.360 e. The highest BCUT2D eigenvalue weighted by atomic mass is 16.5. The summed E-state index contributed by atoms with van der Waals surface area (Å²) in [5, 5.41) is 8.35. The molecule has 0 fully saturated rings. The highest BCUT2D eigenvalue weighted by Crippen LogP contribution is 2.23. The minimum absolute atomic E-state index is 0.365. The van der Waals surface area contributed by atoms with E-state index in [0.29, 0.717) is 23.1 Å². The molecule has 0 unspecified atom stereocenters. The van der Waals surface area contributed by atoms with Gasteiger partial charge >= 0.3 is 5.97 Å². The Bertz CT molecular complexity index is 1020. The molecule has 0 amide bonds. The average Bonchev–Trinajstić information content (AvgIpc) is 3.31. The van der Waals surface area contributed by atoms with Crippen molar-refractivity contribution in [2.24, 2.45) is 0 Å². The minimum Gasteiger partial charge on any atom is -0.497 e. The van der Waals surface area contributed by atoms with E-state index in [1.807, 2.05) is 18.2 Å². The number of fused-ring (bicyclic) bond motifs is 1. The molecule has 0 spiro atoms. The van der Waals surface area contributed by atoms with Crippen LogP contribution in [0.15, 0.2) is 59.3 Å². The monoisotopic (exact) mass is 335 g/mol. The van der Waals surface area contributed by atoms with Crippen LogP contribution in [0.25, 0.3) is 22.4 Å². The smallest absolute Gasteiger partial charge is 0.360 e. The zero-order valence-corrected chi connectivity index (χ0v) is 13.2. The van der Waals surface area contributed by atoms with Crippen molar-refractivity contribution in [3.63, 3.8) is 0 Å². The SMILES string of the molecule is COc1ccc2cc(C(=O)Oc3ccc(-c4nnco4)cc3)[nH]c2c1. The molecule has 4 rings (SSSR count). The van der Waals surface area contributed by atoms with Crippen LogP contribution < -0.4 is 9.47 Å². The van der Waals surface area contributed by atoms with Crippen LogP contribution >= 0.6 is 0 Å². The van der Waals surface area contributed by atoms with Crippen LogP contribution in [-0.2, 0) is 0 Å². The quantitative estimate of drug-likeness (QED) is 0.454. The van der Waals surface area contributed by atoms with E-state index in [0.717, 1.165) is 16.5 Å². The van der Waals surface area contributed by atoms with Gasteiger partial charge in [0.15, 0.2) is 0 Å². The Morgan fingerprint density at radius 1 is 1.08 bits per heavy atom. The number of aromatic amines is 1. The van der Waals surface area contributed by atoms with E-state index in [-0.39, 0.29) is 0 Å². The lowest BCUT2D eigenvalue weighted by Gasteiger charge is -2.03. The number of H-pyrrole nitrogens is 1. The van der Waals surface area contributed by atoms with Gasteiger partial charge in [-0.15, -0.1) is 10.2 Å².